The molecule has 6 N–H and O–H groups in total. The molecular formula is C22H16FN9O3. The molecule has 2 heterocycles. The van der Waals surface area contributed by atoms with Gasteiger partial charge in [0.25, 0.3) is 5.69 Å². The van der Waals surface area contributed by atoms with E-state index in [1.54, 1.807) is 12.3 Å². The average Bonchev–Trinajstić information content (AvgIpc) is 2.82. The van der Waals surface area contributed by atoms with Crippen LogP contribution < -0.4 is 26.8 Å². The number of halogens is 1. The minimum Gasteiger partial charge on any atom is -0.489 e. The van der Waals surface area contributed by atoms with Crippen LogP contribution >= 0.6 is 0 Å². The topological polar surface area (TPSA) is 201 Å². The summed E-state index contributed by atoms with van der Waals surface area (Å²) in [5, 5.41) is 35.2. The molecule has 35 heavy (non-hydrogen) atoms. The van der Waals surface area contributed by atoms with Gasteiger partial charge in [-0.3, -0.25) is 15.4 Å². The standard InChI is InChI=1S/C22H16FN9O3/c23-12-3-1-2-11(6-12)9-35-16-5-4-13(32(33)34)7-14(16)19-17-18(26)15(8-24)20(27)30-21(17)31-22(29-19)28-10-25/h1-7,19H,9H2,(H6,26,27,28,29,30,31). The first-order valence-electron chi connectivity index (χ1n) is 9.96. The van der Waals surface area contributed by atoms with Crippen molar-refractivity contribution in [1.82, 2.24) is 10.3 Å². The van der Waals surface area contributed by atoms with Crippen LogP contribution in [-0.2, 0) is 6.61 Å². The smallest absolute Gasteiger partial charge is 0.270 e. The van der Waals surface area contributed by atoms with Crippen molar-refractivity contribution in [3.8, 4) is 18.0 Å². The molecule has 0 amide bonds. The molecule has 174 valence electrons. The summed E-state index contributed by atoms with van der Waals surface area (Å²) >= 11 is 0. The van der Waals surface area contributed by atoms with Gasteiger partial charge < -0.3 is 21.5 Å². The lowest BCUT2D eigenvalue weighted by Crippen LogP contribution is -2.33. The summed E-state index contributed by atoms with van der Waals surface area (Å²) < 4.78 is 19.5. The molecule has 1 aromatic heterocycles. The molecule has 0 spiro atoms. The van der Waals surface area contributed by atoms with Crippen LogP contribution in [0.15, 0.2) is 47.5 Å². The van der Waals surface area contributed by atoms with Gasteiger partial charge in [0.15, 0.2) is 6.19 Å². The lowest BCUT2D eigenvalue weighted by molar-refractivity contribution is -0.384. The largest absolute Gasteiger partial charge is 0.489 e. The van der Waals surface area contributed by atoms with E-state index < -0.39 is 16.8 Å². The lowest BCUT2D eigenvalue weighted by atomic mass is 9.94. The average molecular weight is 473 g/mol. The molecule has 2 aromatic carbocycles. The molecule has 0 fully saturated rings. The number of aliphatic imine (C=N–C) groups is 1. The Bertz CT molecular complexity index is 1460. The van der Waals surface area contributed by atoms with Gasteiger partial charge >= 0.3 is 0 Å². The Labute approximate surface area is 197 Å². The van der Waals surface area contributed by atoms with E-state index in [0.717, 1.165) is 0 Å². The first-order valence-corrected chi connectivity index (χ1v) is 9.96. The summed E-state index contributed by atoms with van der Waals surface area (Å²) in [6.07, 6.45) is 1.73. The van der Waals surface area contributed by atoms with Crippen molar-refractivity contribution in [2.75, 3.05) is 16.8 Å². The Balaban J connectivity index is 1.88. The highest BCUT2D eigenvalue weighted by Gasteiger charge is 2.32. The molecule has 0 saturated heterocycles. The van der Waals surface area contributed by atoms with Gasteiger partial charge in [0.2, 0.25) is 5.96 Å². The second-order valence-electron chi connectivity index (χ2n) is 7.30. The van der Waals surface area contributed by atoms with Crippen molar-refractivity contribution in [3.05, 3.63) is 80.6 Å². The Kier molecular flexibility index (Phi) is 5.98. The molecule has 1 aliphatic rings. The number of rotatable bonds is 5. The number of nitrogens with one attached hydrogen (secondary N) is 2. The van der Waals surface area contributed by atoms with E-state index >= 15 is 0 Å². The number of nitrogen functional groups attached to an aromatic ring is 2. The zero-order chi connectivity index (χ0) is 25.1. The van der Waals surface area contributed by atoms with Gasteiger partial charge in [-0.15, -0.1) is 0 Å². The van der Waals surface area contributed by atoms with Gasteiger partial charge in [-0.1, -0.05) is 12.1 Å². The second-order valence-corrected chi connectivity index (χ2v) is 7.30. The van der Waals surface area contributed by atoms with Gasteiger partial charge in [-0.05, 0) is 23.8 Å². The molecule has 0 aliphatic carbocycles. The van der Waals surface area contributed by atoms with E-state index in [1.165, 1.54) is 36.4 Å². The highest BCUT2D eigenvalue weighted by Crippen LogP contribution is 2.44. The van der Waals surface area contributed by atoms with Crippen LogP contribution in [0.5, 0.6) is 5.75 Å². The zero-order valence-corrected chi connectivity index (χ0v) is 17.8. The van der Waals surface area contributed by atoms with Crippen molar-refractivity contribution < 1.29 is 14.1 Å². The Morgan fingerprint density at radius 3 is 2.74 bits per heavy atom. The number of anilines is 3. The summed E-state index contributed by atoms with van der Waals surface area (Å²) in [5.74, 6) is -0.315. The maximum Gasteiger partial charge on any atom is 0.270 e. The predicted molar refractivity (Wildman–Crippen MR) is 123 cm³/mol. The fourth-order valence-electron chi connectivity index (χ4n) is 3.59. The lowest BCUT2D eigenvalue weighted by Gasteiger charge is -2.27. The Hall–Kier alpha value is -5.43. The van der Waals surface area contributed by atoms with E-state index in [-0.39, 0.29) is 58.0 Å². The molecular weight excluding hydrogens is 457 g/mol. The highest BCUT2D eigenvalue weighted by atomic mass is 19.1. The summed E-state index contributed by atoms with van der Waals surface area (Å²) in [6.45, 7) is -0.0493. The third kappa shape index (κ3) is 4.42. The SMILES string of the molecule is N#CNC1=NC(c2cc([N+](=O)[O-])ccc2OCc2cccc(F)c2)c2c(nc(N)c(C#N)c2N)N1. The van der Waals surface area contributed by atoms with E-state index in [9.17, 15) is 19.8 Å². The number of nitriles is 2. The van der Waals surface area contributed by atoms with Crippen LogP contribution in [0.3, 0.4) is 0 Å². The maximum absolute atomic E-state index is 13.6. The molecule has 13 heteroatoms. The minimum absolute atomic E-state index is 0.0244. The second kappa shape index (κ2) is 9.21. The van der Waals surface area contributed by atoms with Gasteiger partial charge in [0.1, 0.15) is 47.5 Å². The molecule has 1 atom stereocenters. The first-order chi connectivity index (χ1) is 16.8. The molecule has 3 aromatic rings. The van der Waals surface area contributed by atoms with Crippen molar-refractivity contribution in [2.45, 2.75) is 12.6 Å². The number of nitro groups is 1. The van der Waals surface area contributed by atoms with Crippen molar-refractivity contribution >= 4 is 29.0 Å². The van der Waals surface area contributed by atoms with Crippen LogP contribution in [0, 0.1) is 38.7 Å². The number of nitrogens with two attached hydrogens (primary N) is 2. The van der Waals surface area contributed by atoms with E-state index in [0.29, 0.717) is 5.56 Å². The number of aromatic nitrogens is 1. The first kappa shape index (κ1) is 22.8. The number of ether oxygens (including phenoxy) is 1. The zero-order valence-electron chi connectivity index (χ0n) is 17.8. The number of benzene rings is 2. The van der Waals surface area contributed by atoms with Gasteiger partial charge in [0, 0.05) is 23.3 Å². The number of nitro benzene ring substituents is 1. The van der Waals surface area contributed by atoms with E-state index in [2.05, 4.69) is 20.6 Å². The van der Waals surface area contributed by atoms with E-state index in [1.807, 2.05) is 6.07 Å². The number of nitrogens with zero attached hydrogens (tertiary/aromatic N) is 5. The summed E-state index contributed by atoms with van der Waals surface area (Å²) in [7, 11) is 0. The van der Waals surface area contributed by atoms with Crippen LogP contribution in [0.25, 0.3) is 0 Å². The van der Waals surface area contributed by atoms with Crippen LogP contribution in [0.2, 0.25) is 0 Å². The Morgan fingerprint density at radius 1 is 1.26 bits per heavy atom. The van der Waals surface area contributed by atoms with Crippen molar-refractivity contribution in [3.63, 3.8) is 0 Å². The molecule has 1 aliphatic heterocycles. The Morgan fingerprint density at radius 2 is 2.06 bits per heavy atom. The monoisotopic (exact) mass is 473 g/mol. The van der Waals surface area contributed by atoms with Gasteiger partial charge in [-0.25, -0.2) is 14.4 Å². The van der Waals surface area contributed by atoms with Crippen molar-refractivity contribution in [1.29, 1.82) is 10.5 Å². The molecule has 0 bridgehead atoms. The quantitative estimate of drug-likeness (QED) is 0.185. The molecule has 1 unspecified atom stereocenters. The summed E-state index contributed by atoms with van der Waals surface area (Å²) in [5.41, 5.74) is 12.7. The van der Waals surface area contributed by atoms with Crippen LogP contribution in [0.4, 0.5) is 27.4 Å². The number of hydrogen-bond donors (Lipinski definition) is 4. The van der Waals surface area contributed by atoms with E-state index in [4.69, 9.17) is 21.5 Å². The summed E-state index contributed by atoms with van der Waals surface area (Å²) in [6, 6.07) is 10.5. The molecule has 12 nitrogen and oxygen atoms in total. The maximum atomic E-state index is 13.6. The normalized spacial score (nSPS) is 13.9. The number of non-ortho nitro benzene ring substituents is 1. The number of hydrogen-bond acceptors (Lipinski definition) is 11. The minimum atomic E-state index is -1.07. The fourth-order valence-corrected chi connectivity index (χ4v) is 3.59. The fraction of sp³-hybridized carbons (Fsp3) is 0.0909. The number of pyridine rings is 1. The molecule has 4 rings (SSSR count). The third-order valence-electron chi connectivity index (χ3n) is 5.14. The number of fused-ring (bicyclic) bond motifs is 1. The third-order valence-corrected chi connectivity index (χ3v) is 5.14. The van der Waals surface area contributed by atoms with Crippen molar-refractivity contribution in [2.24, 2.45) is 4.99 Å². The highest BCUT2D eigenvalue weighted by molar-refractivity contribution is 5.98. The van der Waals surface area contributed by atoms with Crippen LogP contribution in [0.1, 0.15) is 28.3 Å². The summed E-state index contributed by atoms with van der Waals surface area (Å²) in [4.78, 5) is 19.5. The molecule has 0 saturated carbocycles. The predicted octanol–water partition coefficient (Wildman–Crippen LogP) is 2.69. The molecule has 0 radical (unpaired) electrons. The van der Waals surface area contributed by atoms with Gasteiger partial charge in [-0.2, -0.15) is 10.5 Å². The van der Waals surface area contributed by atoms with Gasteiger partial charge in [0.05, 0.1) is 10.6 Å². The number of guanidine groups is 1. The van der Waals surface area contributed by atoms with Crippen LogP contribution in [-0.4, -0.2) is 15.9 Å².